The van der Waals surface area contributed by atoms with Gasteiger partial charge in [0.05, 0.1) is 17.9 Å². The SMILES string of the molecule is CC(C)OC(=O)NCCN1C(=O)C2C3C=CC(C3)C2C1=O. The van der Waals surface area contributed by atoms with Crippen molar-refractivity contribution in [3.05, 3.63) is 12.2 Å². The first-order valence-electron chi connectivity index (χ1n) is 7.47. The number of carbonyl (C=O) groups is 3. The third-order valence-electron chi connectivity index (χ3n) is 4.51. The van der Waals surface area contributed by atoms with Gasteiger partial charge < -0.3 is 10.1 Å². The highest BCUT2D eigenvalue weighted by atomic mass is 16.6. The van der Waals surface area contributed by atoms with E-state index in [0.717, 1.165) is 6.42 Å². The molecule has 21 heavy (non-hydrogen) atoms. The average Bonchev–Trinajstić information content (AvgIpc) is 3.06. The van der Waals surface area contributed by atoms with E-state index in [1.165, 1.54) is 4.90 Å². The van der Waals surface area contributed by atoms with E-state index in [0.29, 0.717) is 0 Å². The Labute approximate surface area is 123 Å². The summed E-state index contributed by atoms with van der Waals surface area (Å²) < 4.78 is 4.94. The summed E-state index contributed by atoms with van der Waals surface area (Å²) in [7, 11) is 0. The Morgan fingerprint density at radius 1 is 1.29 bits per heavy atom. The van der Waals surface area contributed by atoms with Crippen LogP contribution < -0.4 is 5.32 Å². The molecular formula is C15H20N2O4. The van der Waals surface area contributed by atoms with Crippen molar-refractivity contribution in [3.63, 3.8) is 0 Å². The summed E-state index contributed by atoms with van der Waals surface area (Å²) in [5.74, 6) is -0.0624. The molecular weight excluding hydrogens is 272 g/mol. The number of nitrogens with zero attached hydrogens (tertiary/aromatic N) is 1. The van der Waals surface area contributed by atoms with Gasteiger partial charge in [-0.05, 0) is 32.1 Å². The number of fused-ring (bicyclic) bond motifs is 5. The van der Waals surface area contributed by atoms with Crippen molar-refractivity contribution in [1.82, 2.24) is 10.2 Å². The molecule has 1 N–H and O–H groups in total. The average molecular weight is 292 g/mol. The summed E-state index contributed by atoms with van der Waals surface area (Å²) in [5.41, 5.74) is 0. The molecule has 2 aliphatic carbocycles. The Hall–Kier alpha value is -1.85. The van der Waals surface area contributed by atoms with Crippen molar-refractivity contribution in [3.8, 4) is 0 Å². The maximum absolute atomic E-state index is 12.4. The molecule has 0 aromatic carbocycles. The summed E-state index contributed by atoms with van der Waals surface area (Å²) in [6, 6.07) is 0. The molecule has 1 aliphatic heterocycles. The first-order chi connectivity index (χ1) is 9.99. The van der Waals surface area contributed by atoms with Gasteiger partial charge in [-0.2, -0.15) is 0 Å². The van der Waals surface area contributed by atoms with Crippen LogP contribution in [0.3, 0.4) is 0 Å². The molecule has 114 valence electrons. The molecule has 4 atom stereocenters. The Morgan fingerprint density at radius 2 is 1.86 bits per heavy atom. The smallest absolute Gasteiger partial charge is 0.407 e. The molecule has 0 aromatic heterocycles. The Balaban J connectivity index is 1.55. The molecule has 3 aliphatic rings. The number of hydrogen-bond donors (Lipinski definition) is 1. The fraction of sp³-hybridized carbons (Fsp3) is 0.667. The van der Waals surface area contributed by atoms with Crippen molar-refractivity contribution in [2.45, 2.75) is 26.4 Å². The van der Waals surface area contributed by atoms with Crippen molar-refractivity contribution >= 4 is 17.9 Å². The molecule has 0 spiro atoms. The Bertz CT molecular complexity index is 484. The molecule has 0 aromatic rings. The van der Waals surface area contributed by atoms with E-state index in [1.807, 2.05) is 0 Å². The van der Waals surface area contributed by atoms with Gasteiger partial charge in [0.1, 0.15) is 0 Å². The number of ether oxygens (including phenoxy) is 1. The molecule has 0 radical (unpaired) electrons. The van der Waals surface area contributed by atoms with E-state index in [1.54, 1.807) is 13.8 Å². The molecule has 2 bridgehead atoms. The summed E-state index contributed by atoms with van der Waals surface area (Å²) in [6.45, 7) is 3.97. The van der Waals surface area contributed by atoms with Gasteiger partial charge in [-0.3, -0.25) is 14.5 Å². The third-order valence-corrected chi connectivity index (χ3v) is 4.51. The third kappa shape index (κ3) is 2.32. The summed E-state index contributed by atoms with van der Waals surface area (Å²) >= 11 is 0. The number of nitrogens with one attached hydrogen (secondary N) is 1. The lowest BCUT2D eigenvalue weighted by molar-refractivity contribution is -0.140. The highest BCUT2D eigenvalue weighted by Gasteiger charge is 2.58. The van der Waals surface area contributed by atoms with Gasteiger partial charge in [0.15, 0.2) is 0 Å². The highest BCUT2D eigenvalue weighted by Crippen LogP contribution is 2.52. The number of imide groups is 1. The van der Waals surface area contributed by atoms with E-state index >= 15 is 0 Å². The monoisotopic (exact) mass is 292 g/mol. The van der Waals surface area contributed by atoms with Crippen molar-refractivity contribution in [2.75, 3.05) is 13.1 Å². The lowest BCUT2D eigenvalue weighted by atomic mass is 9.85. The van der Waals surface area contributed by atoms with Crippen LogP contribution in [0, 0.1) is 23.7 Å². The van der Waals surface area contributed by atoms with Gasteiger partial charge in [0, 0.05) is 13.1 Å². The molecule has 4 unspecified atom stereocenters. The number of carbonyl (C=O) groups excluding carboxylic acids is 3. The van der Waals surface area contributed by atoms with Gasteiger partial charge in [-0.25, -0.2) is 4.79 Å². The van der Waals surface area contributed by atoms with Crippen LogP contribution >= 0.6 is 0 Å². The number of hydrogen-bond acceptors (Lipinski definition) is 4. The van der Waals surface area contributed by atoms with E-state index in [4.69, 9.17) is 4.74 Å². The highest BCUT2D eigenvalue weighted by molar-refractivity contribution is 6.06. The van der Waals surface area contributed by atoms with Crippen LogP contribution in [0.2, 0.25) is 0 Å². The zero-order valence-electron chi connectivity index (χ0n) is 12.2. The van der Waals surface area contributed by atoms with E-state index in [2.05, 4.69) is 17.5 Å². The van der Waals surface area contributed by atoms with Crippen LogP contribution in [0.15, 0.2) is 12.2 Å². The standard InChI is InChI=1S/C15H20N2O4/c1-8(2)21-15(20)16-5-6-17-13(18)11-9-3-4-10(7-9)12(11)14(17)19/h3-4,8-12H,5-7H2,1-2H3,(H,16,20). The predicted molar refractivity (Wildman–Crippen MR) is 74.1 cm³/mol. The minimum Gasteiger partial charge on any atom is -0.447 e. The zero-order chi connectivity index (χ0) is 15.1. The van der Waals surface area contributed by atoms with Gasteiger partial charge in [0.2, 0.25) is 11.8 Å². The summed E-state index contributed by atoms with van der Waals surface area (Å²) in [4.78, 5) is 37.4. The van der Waals surface area contributed by atoms with E-state index in [-0.39, 0.29) is 54.7 Å². The normalized spacial score (nSPS) is 33.0. The molecule has 2 fully saturated rings. The van der Waals surface area contributed by atoms with Gasteiger partial charge >= 0.3 is 6.09 Å². The van der Waals surface area contributed by atoms with Crippen LogP contribution in [0.4, 0.5) is 4.79 Å². The fourth-order valence-electron chi connectivity index (χ4n) is 3.71. The molecule has 6 heteroatoms. The predicted octanol–water partition coefficient (Wildman–Crippen LogP) is 0.928. The van der Waals surface area contributed by atoms with Crippen LogP contribution in [0.5, 0.6) is 0 Å². The molecule has 1 heterocycles. The van der Waals surface area contributed by atoms with Crippen molar-refractivity contribution < 1.29 is 19.1 Å². The number of alkyl carbamates (subject to hydrolysis) is 1. The lowest BCUT2D eigenvalue weighted by Gasteiger charge is -2.17. The Morgan fingerprint density at radius 3 is 2.38 bits per heavy atom. The minimum absolute atomic E-state index is 0.0825. The largest absolute Gasteiger partial charge is 0.447 e. The number of amides is 3. The first-order valence-corrected chi connectivity index (χ1v) is 7.47. The maximum Gasteiger partial charge on any atom is 0.407 e. The van der Waals surface area contributed by atoms with Gasteiger partial charge in [-0.15, -0.1) is 0 Å². The second-order valence-corrected chi connectivity index (χ2v) is 6.21. The minimum atomic E-state index is -0.522. The molecule has 6 nitrogen and oxygen atoms in total. The van der Waals surface area contributed by atoms with Crippen LogP contribution in [0.25, 0.3) is 0 Å². The van der Waals surface area contributed by atoms with Crippen molar-refractivity contribution in [1.29, 1.82) is 0 Å². The fourth-order valence-corrected chi connectivity index (χ4v) is 3.71. The van der Waals surface area contributed by atoms with Crippen LogP contribution in [0.1, 0.15) is 20.3 Å². The number of rotatable bonds is 4. The summed E-state index contributed by atoms with van der Waals surface area (Å²) in [5, 5.41) is 2.56. The molecule has 3 rings (SSSR count). The molecule has 1 saturated carbocycles. The molecule has 3 amide bonds. The molecule has 1 saturated heterocycles. The Kier molecular flexibility index (Phi) is 3.47. The second kappa shape index (κ2) is 5.16. The topological polar surface area (TPSA) is 75.7 Å². The van der Waals surface area contributed by atoms with Crippen LogP contribution in [-0.4, -0.2) is 42.0 Å². The second-order valence-electron chi connectivity index (χ2n) is 6.21. The number of allylic oxidation sites excluding steroid dienone is 2. The van der Waals surface area contributed by atoms with E-state index in [9.17, 15) is 14.4 Å². The van der Waals surface area contributed by atoms with Crippen molar-refractivity contribution in [2.24, 2.45) is 23.7 Å². The van der Waals surface area contributed by atoms with Gasteiger partial charge in [-0.1, -0.05) is 12.2 Å². The number of likely N-dealkylation sites (tertiary alicyclic amines) is 1. The summed E-state index contributed by atoms with van der Waals surface area (Å²) in [6.07, 6.45) is 4.35. The zero-order valence-corrected chi connectivity index (χ0v) is 12.2. The van der Waals surface area contributed by atoms with Crippen LogP contribution in [-0.2, 0) is 14.3 Å². The first kappa shape index (κ1) is 14.1. The lowest BCUT2D eigenvalue weighted by Crippen LogP contribution is -2.40. The maximum atomic E-state index is 12.4. The van der Waals surface area contributed by atoms with E-state index < -0.39 is 6.09 Å². The van der Waals surface area contributed by atoms with Gasteiger partial charge in [0.25, 0.3) is 0 Å². The quantitative estimate of drug-likeness (QED) is 0.618.